The number of halogens is 3. The molecule has 1 aliphatic rings. The Morgan fingerprint density at radius 2 is 1.89 bits per heavy atom. The van der Waals surface area contributed by atoms with Gasteiger partial charge in [-0.1, -0.05) is 12.1 Å². The Hall–Kier alpha value is 0.0669. The van der Waals surface area contributed by atoms with Gasteiger partial charge in [0.25, 0.3) is 0 Å². The van der Waals surface area contributed by atoms with Gasteiger partial charge in [-0.05, 0) is 30.5 Å². The van der Waals surface area contributed by atoms with E-state index in [0.717, 1.165) is 37.2 Å². The van der Waals surface area contributed by atoms with Crippen LogP contribution in [0.3, 0.4) is 0 Å². The predicted molar refractivity (Wildman–Crippen MR) is 77.7 cm³/mol. The lowest BCUT2D eigenvalue weighted by atomic mass is 10.2. The summed E-state index contributed by atoms with van der Waals surface area (Å²) in [5.41, 5.74) is 1.03. The van der Waals surface area contributed by atoms with Crippen LogP contribution in [0.5, 0.6) is 5.75 Å². The number of hydrogen-bond donors (Lipinski definition) is 0. The fraction of sp³-hybridized carbons (Fsp3) is 0.500. The lowest BCUT2D eigenvalue weighted by molar-refractivity contribution is -0.105. The molecule has 0 bridgehead atoms. The summed E-state index contributed by atoms with van der Waals surface area (Å²) in [4.78, 5) is 0. The third kappa shape index (κ3) is 4.98. The molecule has 0 radical (unpaired) electrons. The van der Waals surface area contributed by atoms with E-state index in [1.54, 1.807) is 0 Å². The largest absolute Gasteiger partial charge is 0.465 e. The van der Waals surface area contributed by atoms with Crippen LogP contribution in [0.15, 0.2) is 24.3 Å². The molecule has 0 N–H and O–H groups in total. The molecule has 18 heavy (non-hydrogen) atoms. The number of hydrogen-bond acceptors (Lipinski definition) is 2. The summed E-state index contributed by atoms with van der Waals surface area (Å²) in [6.07, 6.45) is 3.10. The molecule has 1 heterocycles. The van der Waals surface area contributed by atoms with Crippen molar-refractivity contribution >= 4 is 39.2 Å². The normalized spacial score (nSPS) is 20.7. The maximum Gasteiger partial charge on any atom is 0.345 e. The molecule has 1 atom stereocenters. The Bertz CT molecular complexity index is 372. The molecule has 1 saturated heterocycles. The van der Waals surface area contributed by atoms with Gasteiger partial charge in [0.1, 0.15) is 5.75 Å². The van der Waals surface area contributed by atoms with E-state index in [2.05, 4.69) is 0 Å². The van der Waals surface area contributed by atoms with Gasteiger partial charge in [0, 0.05) is 12.5 Å². The van der Waals surface area contributed by atoms with E-state index in [0.29, 0.717) is 6.04 Å². The van der Waals surface area contributed by atoms with Gasteiger partial charge >= 0.3 is 6.00 Å². The standard InChI is InChI=1S/C12H15Cl3O2Si/c13-18(14,15)9-10-4-6-11(7-5-10)17-12-3-1-2-8-16-12/h4-7,12H,1-3,8-9H2. The third-order valence-electron chi connectivity index (χ3n) is 2.73. The van der Waals surface area contributed by atoms with E-state index in [1.807, 2.05) is 24.3 Å². The average Bonchev–Trinajstić information content (AvgIpc) is 2.31. The van der Waals surface area contributed by atoms with Crippen molar-refractivity contribution in [1.82, 2.24) is 0 Å². The summed E-state index contributed by atoms with van der Waals surface area (Å²) in [5, 5.41) is 0. The predicted octanol–water partition coefficient (Wildman–Crippen LogP) is 4.33. The molecule has 0 aromatic heterocycles. The summed E-state index contributed by atoms with van der Waals surface area (Å²) in [6.45, 7) is 0.779. The van der Waals surface area contributed by atoms with Gasteiger partial charge in [-0.2, -0.15) is 0 Å². The van der Waals surface area contributed by atoms with Crippen LogP contribution < -0.4 is 4.74 Å². The molecule has 0 aliphatic carbocycles. The summed E-state index contributed by atoms with van der Waals surface area (Å²) in [5.74, 6) is 0.802. The fourth-order valence-corrected chi connectivity index (χ4v) is 3.96. The van der Waals surface area contributed by atoms with Crippen molar-refractivity contribution in [2.24, 2.45) is 0 Å². The monoisotopic (exact) mass is 324 g/mol. The maximum absolute atomic E-state index is 5.88. The number of benzene rings is 1. The van der Waals surface area contributed by atoms with Crippen LogP contribution in [0, 0.1) is 0 Å². The first-order valence-corrected chi connectivity index (χ1v) is 11.2. The van der Waals surface area contributed by atoms with Crippen molar-refractivity contribution < 1.29 is 9.47 Å². The summed E-state index contributed by atoms with van der Waals surface area (Å²) >= 11 is 17.6. The van der Waals surface area contributed by atoms with E-state index in [-0.39, 0.29) is 6.29 Å². The molecule has 1 fully saturated rings. The second-order valence-electron chi connectivity index (χ2n) is 4.35. The van der Waals surface area contributed by atoms with E-state index in [4.69, 9.17) is 42.7 Å². The van der Waals surface area contributed by atoms with E-state index >= 15 is 0 Å². The van der Waals surface area contributed by atoms with Crippen molar-refractivity contribution in [1.29, 1.82) is 0 Å². The van der Waals surface area contributed by atoms with Gasteiger partial charge in [0.2, 0.25) is 0 Å². The average molecular weight is 326 g/mol. The highest BCUT2D eigenvalue weighted by Crippen LogP contribution is 2.26. The second kappa shape index (κ2) is 6.48. The summed E-state index contributed by atoms with van der Waals surface area (Å²) < 4.78 is 11.2. The van der Waals surface area contributed by atoms with Crippen LogP contribution in [0.2, 0.25) is 0 Å². The highest BCUT2D eigenvalue weighted by atomic mass is 35.8. The van der Waals surface area contributed by atoms with Gasteiger partial charge in [-0.15, -0.1) is 33.2 Å². The van der Waals surface area contributed by atoms with Crippen LogP contribution in [0.1, 0.15) is 24.8 Å². The zero-order valence-electron chi connectivity index (χ0n) is 9.87. The molecule has 1 aliphatic heterocycles. The summed E-state index contributed by atoms with van der Waals surface area (Å²) in [7, 11) is 0. The quantitative estimate of drug-likeness (QED) is 0.606. The van der Waals surface area contributed by atoms with Crippen molar-refractivity contribution in [3.05, 3.63) is 29.8 Å². The molecule has 1 aromatic rings. The van der Waals surface area contributed by atoms with Crippen molar-refractivity contribution in [3.8, 4) is 5.75 Å². The first-order chi connectivity index (χ1) is 8.53. The smallest absolute Gasteiger partial charge is 0.345 e. The van der Waals surface area contributed by atoms with Crippen LogP contribution in [-0.4, -0.2) is 18.9 Å². The molecule has 2 nitrogen and oxygen atoms in total. The number of rotatable bonds is 4. The lowest BCUT2D eigenvalue weighted by Crippen LogP contribution is -2.24. The molecule has 0 spiro atoms. The minimum Gasteiger partial charge on any atom is -0.465 e. The Kier molecular flexibility index (Phi) is 5.21. The molecule has 6 heteroatoms. The zero-order valence-corrected chi connectivity index (χ0v) is 13.1. The first-order valence-electron chi connectivity index (χ1n) is 5.97. The third-order valence-corrected chi connectivity index (χ3v) is 4.75. The van der Waals surface area contributed by atoms with Gasteiger partial charge < -0.3 is 9.47 Å². The van der Waals surface area contributed by atoms with E-state index in [1.165, 1.54) is 0 Å². The molecule has 0 saturated carbocycles. The fourth-order valence-electron chi connectivity index (χ4n) is 1.87. The first kappa shape index (κ1) is 14.5. The second-order valence-corrected chi connectivity index (χ2v) is 13.5. The minimum atomic E-state index is -2.61. The summed E-state index contributed by atoms with van der Waals surface area (Å²) in [6, 6.07) is 5.60. The topological polar surface area (TPSA) is 18.5 Å². The Labute approximate surface area is 122 Å². The van der Waals surface area contributed by atoms with Crippen LogP contribution in [0.4, 0.5) is 0 Å². The molecule has 2 rings (SSSR count). The Morgan fingerprint density at radius 3 is 2.44 bits per heavy atom. The molecular weight excluding hydrogens is 311 g/mol. The van der Waals surface area contributed by atoms with Crippen molar-refractivity contribution in [3.63, 3.8) is 0 Å². The molecule has 1 aromatic carbocycles. The zero-order chi connectivity index (χ0) is 13.0. The van der Waals surface area contributed by atoms with E-state index < -0.39 is 6.00 Å². The lowest BCUT2D eigenvalue weighted by Gasteiger charge is -2.23. The van der Waals surface area contributed by atoms with Gasteiger partial charge in [-0.25, -0.2) is 0 Å². The highest BCUT2D eigenvalue weighted by molar-refractivity contribution is 7.64. The minimum absolute atomic E-state index is 0.118. The Morgan fingerprint density at radius 1 is 1.17 bits per heavy atom. The highest BCUT2D eigenvalue weighted by Gasteiger charge is 2.25. The SMILES string of the molecule is Cl[Si](Cl)(Cl)Cc1ccc(OC2CCCCO2)cc1. The maximum atomic E-state index is 5.88. The van der Waals surface area contributed by atoms with Crippen LogP contribution >= 0.6 is 33.2 Å². The van der Waals surface area contributed by atoms with Crippen molar-refractivity contribution in [2.45, 2.75) is 31.6 Å². The molecule has 100 valence electrons. The van der Waals surface area contributed by atoms with Crippen LogP contribution in [0.25, 0.3) is 0 Å². The van der Waals surface area contributed by atoms with Gasteiger partial charge in [-0.3, -0.25) is 0 Å². The van der Waals surface area contributed by atoms with Crippen molar-refractivity contribution in [2.75, 3.05) is 6.61 Å². The van der Waals surface area contributed by atoms with Crippen LogP contribution in [-0.2, 0) is 10.8 Å². The van der Waals surface area contributed by atoms with Gasteiger partial charge in [0.15, 0.2) is 6.29 Å². The Balaban J connectivity index is 1.90. The van der Waals surface area contributed by atoms with E-state index in [9.17, 15) is 0 Å². The molecular formula is C12H15Cl3O2Si. The molecule has 0 amide bonds. The number of ether oxygens (including phenoxy) is 2. The molecule has 1 unspecified atom stereocenters. The van der Waals surface area contributed by atoms with Gasteiger partial charge in [0.05, 0.1) is 6.61 Å².